The molecule has 4 heteroatoms. The van der Waals surface area contributed by atoms with Gasteiger partial charge in [-0.3, -0.25) is 0 Å². The molecule has 0 aromatic heterocycles. The fraction of sp³-hybridized carbons (Fsp3) is 0.383. The molecule has 4 aromatic carbocycles. The van der Waals surface area contributed by atoms with Crippen molar-refractivity contribution >= 4 is 18.1 Å². The smallest absolute Gasteiger partial charge is 1.00 e. The Kier molecular flexibility index (Phi) is 12.3. The molecule has 0 amide bonds. The number of rotatable bonds is 4. The molecular formula is C47H55Cl3Zr. The molecule has 0 fully saturated rings. The van der Waals surface area contributed by atoms with E-state index < -0.39 is 21.3 Å². The van der Waals surface area contributed by atoms with E-state index in [1.807, 2.05) is 6.07 Å². The molecule has 268 valence electrons. The van der Waals surface area contributed by atoms with E-state index in [4.69, 9.17) is 11.6 Å². The molecule has 0 aliphatic heterocycles. The van der Waals surface area contributed by atoms with Crippen LogP contribution < -0.4 is 28.1 Å². The molecule has 0 radical (unpaired) electrons. The SMILES string of the molecule is CC(C)(C)c1cc2c(cc1C(C)(C)C)-c1cc(C(C)(C)C)c(C(C)(C)C)[c]([Zr+2](=[C](c3ccccc3)c3cccc(Cl)c3)[CH]3C=CC=C3)c1C2.[Cl-].[Cl-]. The van der Waals surface area contributed by atoms with Crippen molar-refractivity contribution in [3.05, 3.63) is 147 Å². The zero-order valence-corrected chi connectivity index (χ0v) is 37.4. The van der Waals surface area contributed by atoms with Crippen molar-refractivity contribution in [3.63, 3.8) is 0 Å². The Labute approximate surface area is 334 Å². The van der Waals surface area contributed by atoms with Crippen LogP contribution in [0, 0.1) is 0 Å². The van der Waals surface area contributed by atoms with Crippen LogP contribution in [0.4, 0.5) is 0 Å². The maximum absolute atomic E-state index is 6.81. The van der Waals surface area contributed by atoms with Crippen LogP contribution in [-0.4, -0.2) is 3.21 Å². The van der Waals surface area contributed by atoms with Crippen LogP contribution >= 0.6 is 11.6 Å². The number of allylic oxidation sites excluding steroid dienone is 4. The second kappa shape index (κ2) is 15.0. The maximum Gasteiger partial charge on any atom is -1.00 e. The monoisotopic (exact) mass is 814 g/mol. The van der Waals surface area contributed by atoms with Gasteiger partial charge in [0.25, 0.3) is 0 Å². The van der Waals surface area contributed by atoms with Crippen molar-refractivity contribution in [2.24, 2.45) is 0 Å². The van der Waals surface area contributed by atoms with E-state index in [0.29, 0.717) is 3.63 Å². The summed E-state index contributed by atoms with van der Waals surface area (Å²) >= 11 is 3.87. The van der Waals surface area contributed by atoms with Crippen LogP contribution in [0.15, 0.2) is 97.1 Å². The predicted octanol–water partition coefficient (Wildman–Crippen LogP) is 6.54. The van der Waals surface area contributed by atoms with Gasteiger partial charge in [-0.25, -0.2) is 0 Å². The summed E-state index contributed by atoms with van der Waals surface area (Å²) in [6.45, 7) is 28.9. The fourth-order valence-electron chi connectivity index (χ4n) is 8.10. The average molecular weight is 818 g/mol. The first-order chi connectivity index (χ1) is 22.8. The van der Waals surface area contributed by atoms with Gasteiger partial charge in [0.05, 0.1) is 0 Å². The molecule has 51 heavy (non-hydrogen) atoms. The minimum absolute atomic E-state index is 0. The molecule has 0 N–H and O–H groups in total. The molecular weight excluding hydrogens is 762 g/mol. The van der Waals surface area contributed by atoms with Gasteiger partial charge in [0.2, 0.25) is 0 Å². The molecule has 2 aliphatic rings. The van der Waals surface area contributed by atoms with Crippen LogP contribution in [0.3, 0.4) is 0 Å². The van der Waals surface area contributed by atoms with Gasteiger partial charge in [0.1, 0.15) is 0 Å². The first-order valence-corrected chi connectivity index (χ1v) is 22.3. The van der Waals surface area contributed by atoms with Gasteiger partial charge in [0.15, 0.2) is 0 Å². The topological polar surface area (TPSA) is 0 Å². The summed E-state index contributed by atoms with van der Waals surface area (Å²) in [4.78, 5) is 0. The third-order valence-electron chi connectivity index (χ3n) is 10.3. The molecule has 0 spiro atoms. The van der Waals surface area contributed by atoms with Crippen molar-refractivity contribution < 1.29 is 46.1 Å². The zero-order valence-electron chi connectivity index (χ0n) is 32.7. The molecule has 0 bridgehead atoms. The summed E-state index contributed by atoms with van der Waals surface area (Å²) in [7, 11) is 0. The van der Waals surface area contributed by atoms with Gasteiger partial charge in [-0.2, -0.15) is 0 Å². The third kappa shape index (κ3) is 8.24. The third-order valence-corrected chi connectivity index (χ3v) is 18.5. The summed E-state index contributed by atoms with van der Waals surface area (Å²) in [5.74, 6) is 0. The first-order valence-electron chi connectivity index (χ1n) is 18.1. The summed E-state index contributed by atoms with van der Waals surface area (Å²) in [6, 6.07) is 27.7. The van der Waals surface area contributed by atoms with E-state index in [2.05, 4.69) is 174 Å². The van der Waals surface area contributed by atoms with Crippen molar-refractivity contribution in [3.8, 4) is 11.1 Å². The number of hydrogen-bond donors (Lipinski definition) is 0. The van der Waals surface area contributed by atoms with Crippen LogP contribution in [0.25, 0.3) is 11.1 Å². The van der Waals surface area contributed by atoms with Crippen LogP contribution in [0.1, 0.15) is 128 Å². The van der Waals surface area contributed by atoms with Crippen molar-refractivity contribution in [1.29, 1.82) is 0 Å². The number of halogens is 3. The number of benzene rings is 4. The summed E-state index contributed by atoms with van der Waals surface area (Å²) in [6.07, 6.45) is 10.6. The van der Waals surface area contributed by atoms with Crippen molar-refractivity contribution in [2.75, 3.05) is 0 Å². The average Bonchev–Trinajstić information content (AvgIpc) is 3.65. The summed E-state index contributed by atoms with van der Waals surface area (Å²) < 4.78 is 3.63. The second-order valence-corrected chi connectivity index (χ2v) is 25.0. The van der Waals surface area contributed by atoms with Crippen LogP contribution in [0.5, 0.6) is 0 Å². The molecule has 0 heterocycles. The van der Waals surface area contributed by atoms with E-state index in [9.17, 15) is 0 Å². The Morgan fingerprint density at radius 1 is 0.588 bits per heavy atom. The van der Waals surface area contributed by atoms with E-state index in [1.165, 1.54) is 47.7 Å². The molecule has 0 atom stereocenters. The minimum Gasteiger partial charge on any atom is -1.00 e. The van der Waals surface area contributed by atoms with Gasteiger partial charge in [-0.15, -0.1) is 0 Å². The van der Waals surface area contributed by atoms with Crippen LogP contribution in [0.2, 0.25) is 8.65 Å². The van der Waals surface area contributed by atoms with E-state index in [-0.39, 0.29) is 46.5 Å². The van der Waals surface area contributed by atoms with Crippen molar-refractivity contribution in [2.45, 2.75) is 115 Å². The predicted molar refractivity (Wildman–Crippen MR) is 212 cm³/mol. The summed E-state index contributed by atoms with van der Waals surface area (Å²) in [5, 5.41) is 0.799. The Balaban J connectivity index is 0.00000292. The normalized spacial score (nSPS) is 14.5. The molecule has 6 rings (SSSR count). The molecule has 0 unspecified atom stereocenters. The van der Waals surface area contributed by atoms with Gasteiger partial charge in [-0.05, 0) is 0 Å². The van der Waals surface area contributed by atoms with Crippen molar-refractivity contribution in [1.82, 2.24) is 0 Å². The first kappa shape index (κ1) is 41.7. The minimum atomic E-state index is -2.95. The van der Waals surface area contributed by atoms with Gasteiger partial charge in [0, 0.05) is 0 Å². The molecule has 0 saturated heterocycles. The second-order valence-electron chi connectivity index (χ2n) is 18.4. The van der Waals surface area contributed by atoms with E-state index in [1.54, 1.807) is 14.4 Å². The Morgan fingerprint density at radius 2 is 1.12 bits per heavy atom. The van der Waals surface area contributed by atoms with E-state index >= 15 is 0 Å². The summed E-state index contributed by atoms with van der Waals surface area (Å²) in [5.41, 5.74) is 14.7. The number of hydrogen-bond acceptors (Lipinski definition) is 0. The van der Waals surface area contributed by atoms with Gasteiger partial charge in [-0.1, -0.05) is 0 Å². The zero-order chi connectivity index (χ0) is 35.7. The number of fused-ring (bicyclic) bond motifs is 3. The molecule has 0 saturated carbocycles. The standard InChI is InChI=1S/C29H41.C13H9Cl.C5H5.2ClH.Zr/c1-26(2,3)22-14-18-13-19-15-23(27(4,5)6)25(29(10,11)12)17-21(19)20(18)16-24(22)28(7,8)9;14-13-8-4-7-12(10-13)9-11-5-2-1-3-6-11;1-2-4-5-3-1;;;/h14,16-17H,13H2,1-12H3;1-8,10H;1-5H;2*1H;/q;;;;;+2/p-2. The Bertz CT molecular complexity index is 2010. The Morgan fingerprint density at radius 3 is 1.65 bits per heavy atom. The molecule has 0 nitrogen and oxygen atoms in total. The molecule has 4 aromatic rings. The fourth-order valence-corrected chi connectivity index (χ4v) is 17.6. The Hall–Kier alpha value is -2.02. The maximum atomic E-state index is 6.81. The van der Waals surface area contributed by atoms with Gasteiger partial charge < -0.3 is 24.8 Å². The van der Waals surface area contributed by atoms with Crippen LogP contribution in [-0.2, 0) is 49.3 Å². The quantitative estimate of drug-likeness (QED) is 0.194. The molecule has 2 aliphatic carbocycles. The van der Waals surface area contributed by atoms with Gasteiger partial charge >= 0.3 is 312 Å². The van der Waals surface area contributed by atoms with E-state index in [0.717, 1.165) is 11.4 Å². The largest absolute Gasteiger partial charge is 1.00 e.